The Morgan fingerprint density at radius 2 is 2.41 bits per heavy atom. The standard InChI is InChI=1S/C12H14ClNO3/c13-11-2-1-9(5-10(11)12(15)16)14-6-8-3-4-17-7-8/h1-2,5,8,14H,3-4,6-7H2,(H,15,16). The van der Waals surface area contributed by atoms with E-state index < -0.39 is 5.97 Å². The number of carboxylic acid groups (broad SMARTS) is 1. The van der Waals surface area contributed by atoms with Crippen LogP contribution in [-0.2, 0) is 4.74 Å². The average Bonchev–Trinajstić information content (AvgIpc) is 2.80. The Bertz CT molecular complexity index is 416. The Kier molecular flexibility index (Phi) is 3.86. The Hall–Kier alpha value is -1.26. The van der Waals surface area contributed by atoms with Gasteiger partial charge in [0, 0.05) is 24.8 Å². The molecule has 2 rings (SSSR count). The van der Waals surface area contributed by atoms with E-state index in [1.54, 1.807) is 18.2 Å². The van der Waals surface area contributed by atoms with Crippen LogP contribution >= 0.6 is 11.6 Å². The minimum Gasteiger partial charge on any atom is -0.478 e. The molecule has 0 bridgehead atoms. The maximum absolute atomic E-state index is 10.9. The van der Waals surface area contributed by atoms with Gasteiger partial charge in [0.15, 0.2) is 0 Å². The first kappa shape index (κ1) is 12.2. The summed E-state index contributed by atoms with van der Waals surface area (Å²) in [6.07, 6.45) is 1.05. The molecule has 0 aliphatic carbocycles. The molecule has 0 spiro atoms. The SMILES string of the molecule is O=C(O)c1cc(NCC2CCOC2)ccc1Cl. The molecule has 0 aromatic heterocycles. The maximum Gasteiger partial charge on any atom is 0.337 e. The molecule has 2 N–H and O–H groups in total. The summed E-state index contributed by atoms with van der Waals surface area (Å²) < 4.78 is 5.27. The summed E-state index contributed by atoms with van der Waals surface area (Å²) in [5, 5.41) is 12.4. The minimum atomic E-state index is -1.01. The second-order valence-electron chi connectivity index (χ2n) is 4.11. The van der Waals surface area contributed by atoms with E-state index in [-0.39, 0.29) is 10.6 Å². The Morgan fingerprint density at radius 3 is 3.06 bits per heavy atom. The van der Waals surface area contributed by atoms with Gasteiger partial charge in [0.25, 0.3) is 0 Å². The molecule has 5 heteroatoms. The number of hydrogen-bond acceptors (Lipinski definition) is 3. The number of rotatable bonds is 4. The Balaban J connectivity index is 2.00. The third-order valence-corrected chi connectivity index (χ3v) is 3.15. The number of carboxylic acids is 1. The normalized spacial score (nSPS) is 19.2. The zero-order chi connectivity index (χ0) is 12.3. The average molecular weight is 256 g/mol. The number of ether oxygens (including phenoxy) is 1. The van der Waals surface area contributed by atoms with Crippen LogP contribution in [0.3, 0.4) is 0 Å². The van der Waals surface area contributed by atoms with Crippen molar-refractivity contribution in [3.8, 4) is 0 Å². The van der Waals surface area contributed by atoms with E-state index in [0.717, 1.165) is 31.9 Å². The van der Waals surface area contributed by atoms with Crippen LogP contribution in [0.15, 0.2) is 18.2 Å². The molecule has 0 amide bonds. The summed E-state index contributed by atoms with van der Waals surface area (Å²) >= 11 is 5.79. The fourth-order valence-corrected chi connectivity index (χ4v) is 2.00. The van der Waals surface area contributed by atoms with Gasteiger partial charge in [-0.2, -0.15) is 0 Å². The lowest BCUT2D eigenvalue weighted by Crippen LogP contribution is -2.14. The van der Waals surface area contributed by atoms with Crippen molar-refractivity contribution in [2.45, 2.75) is 6.42 Å². The quantitative estimate of drug-likeness (QED) is 0.868. The first-order chi connectivity index (χ1) is 8.16. The van der Waals surface area contributed by atoms with Crippen LogP contribution in [0.5, 0.6) is 0 Å². The predicted octanol–water partition coefficient (Wildman–Crippen LogP) is 2.49. The van der Waals surface area contributed by atoms with Crippen molar-refractivity contribution in [3.05, 3.63) is 28.8 Å². The number of carbonyl (C=O) groups is 1. The van der Waals surface area contributed by atoms with E-state index >= 15 is 0 Å². The lowest BCUT2D eigenvalue weighted by atomic mass is 10.1. The number of aromatic carboxylic acids is 1. The molecule has 0 radical (unpaired) electrons. The second kappa shape index (κ2) is 5.38. The lowest BCUT2D eigenvalue weighted by molar-refractivity contribution is 0.0697. The highest BCUT2D eigenvalue weighted by atomic mass is 35.5. The molecular weight excluding hydrogens is 242 g/mol. The van der Waals surface area contributed by atoms with Crippen molar-refractivity contribution in [1.29, 1.82) is 0 Å². The van der Waals surface area contributed by atoms with E-state index in [9.17, 15) is 4.79 Å². The Morgan fingerprint density at radius 1 is 1.59 bits per heavy atom. The fourth-order valence-electron chi connectivity index (χ4n) is 1.81. The van der Waals surface area contributed by atoms with Crippen molar-refractivity contribution in [3.63, 3.8) is 0 Å². The zero-order valence-electron chi connectivity index (χ0n) is 9.28. The number of anilines is 1. The molecule has 92 valence electrons. The predicted molar refractivity (Wildman–Crippen MR) is 65.8 cm³/mol. The molecule has 1 aromatic rings. The van der Waals surface area contributed by atoms with E-state index in [1.807, 2.05) is 0 Å². The molecular formula is C12H14ClNO3. The van der Waals surface area contributed by atoms with Gasteiger partial charge in [0.2, 0.25) is 0 Å². The Labute approximate surface area is 105 Å². The summed E-state index contributed by atoms with van der Waals surface area (Å²) in [7, 11) is 0. The molecule has 1 atom stereocenters. The topological polar surface area (TPSA) is 58.6 Å². The molecule has 1 unspecified atom stereocenters. The first-order valence-electron chi connectivity index (χ1n) is 5.51. The summed E-state index contributed by atoms with van der Waals surface area (Å²) in [4.78, 5) is 10.9. The van der Waals surface area contributed by atoms with Gasteiger partial charge in [0.05, 0.1) is 17.2 Å². The molecule has 1 aliphatic rings. The van der Waals surface area contributed by atoms with Crippen molar-refractivity contribution < 1.29 is 14.6 Å². The van der Waals surface area contributed by atoms with Crippen molar-refractivity contribution in [2.24, 2.45) is 5.92 Å². The number of halogens is 1. The third-order valence-electron chi connectivity index (χ3n) is 2.82. The molecule has 1 saturated heterocycles. The van der Waals surface area contributed by atoms with Gasteiger partial charge in [-0.15, -0.1) is 0 Å². The van der Waals surface area contributed by atoms with Gasteiger partial charge in [-0.1, -0.05) is 11.6 Å². The van der Waals surface area contributed by atoms with Gasteiger partial charge >= 0.3 is 5.97 Å². The molecule has 0 saturated carbocycles. The summed E-state index contributed by atoms with van der Waals surface area (Å²) in [5.74, 6) is -0.512. The molecule has 17 heavy (non-hydrogen) atoms. The second-order valence-corrected chi connectivity index (χ2v) is 4.52. The highest BCUT2D eigenvalue weighted by Crippen LogP contribution is 2.21. The lowest BCUT2D eigenvalue weighted by Gasteiger charge is -2.11. The largest absolute Gasteiger partial charge is 0.478 e. The first-order valence-corrected chi connectivity index (χ1v) is 5.89. The van der Waals surface area contributed by atoms with Crippen molar-refractivity contribution >= 4 is 23.3 Å². The molecule has 4 nitrogen and oxygen atoms in total. The molecule has 1 fully saturated rings. The van der Waals surface area contributed by atoms with E-state index in [1.165, 1.54) is 0 Å². The van der Waals surface area contributed by atoms with Crippen LogP contribution in [0.25, 0.3) is 0 Å². The minimum absolute atomic E-state index is 0.124. The van der Waals surface area contributed by atoms with Gasteiger partial charge in [-0.3, -0.25) is 0 Å². The molecule has 1 heterocycles. The summed E-state index contributed by atoms with van der Waals surface area (Å²) in [6, 6.07) is 4.93. The van der Waals surface area contributed by atoms with Crippen LogP contribution < -0.4 is 5.32 Å². The summed E-state index contributed by atoms with van der Waals surface area (Å²) in [6.45, 7) is 2.38. The number of nitrogens with one attached hydrogen (secondary N) is 1. The van der Waals surface area contributed by atoms with Crippen molar-refractivity contribution in [1.82, 2.24) is 0 Å². The fraction of sp³-hybridized carbons (Fsp3) is 0.417. The smallest absolute Gasteiger partial charge is 0.337 e. The van der Waals surface area contributed by atoms with Gasteiger partial charge < -0.3 is 15.2 Å². The van der Waals surface area contributed by atoms with Gasteiger partial charge in [-0.25, -0.2) is 4.79 Å². The van der Waals surface area contributed by atoms with E-state index in [2.05, 4.69) is 5.32 Å². The third kappa shape index (κ3) is 3.11. The molecule has 1 aliphatic heterocycles. The van der Waals surface area contributed by atoms with Gasteiger partial charge in [-0.05, 0) is 24.6 Å². The maximum atomic E-state index is 10.9. The molecule has 1 aromatic carbocycles. The number of benzene rings is 1. The highest BCUT2D eigenvalue weighted by Gasteiger charge is 2.15. The van der Waals surface area contributed by atoms with Crippen molar-refractivity contribution in [2.75, 3.05) is 25.1 Å². The highest BCUT2D eigenvalue weighted by molar-refractivity contribution is 6.33. The zero-order valence-corrected chi connectivity index (χ0v) is 10.0. The van der Waals surface area contributed by atoms with Gasteiger partial charge in [0.1, 0.15) is 0 Å². The number of hydrogen-bond donors (Lipinski definition) is 2. The van der Waals surface area contributed by atoms with Crippen LogP contribution in [0.2, 0.25) is 5.02 Å². The van der Waals surface area contributed by atoms with Crippen LogP contribution in [0, 0.1) is 5.92 Å². The van der Waals surface area contributed by atoms with Crippen LogP contribution in [-0.4, -0.2) is 30.8 Å². The monoisotopic (exact) mass is 255 g/mol. The van der Waals surface area contributed by atoms with Crippen LogP contribution in [0.1, 0.15) is 16.8 Å². The van der Waals surface area contributed by atoms with E-state index in [4.69, 9.17) is 21.4 Å². The summed E-state index contributed by atoms with van der Waals surface area (Å²) in [5.41, 5.74) is 0.901. The van der Waals surface area contributed by atoms with Crippen LogP contribution in [0.4, 0.5) is 5.69 Å². The van der Waals surface area contributed by atoms with E-state index in [0.29, 0.717) is 5.92 Å².